The largest absolute Gasteiger partial charge is 0.393 e. The standard InChI is InChI=1S/C13H13N3O2/c14-11-7-6-10(8-12(11)16(17)18)13(15)9-4-2-1-3-5-9/h1-8,13H,14-15H2. The van der Waals surface area contributed by atoms with E-state index in [0.717, 1.165) is 5.56 Å². The van der Waals surface area contributed by atoms with E-state index in [1.807, 2.05) is 30.3 Å². The van der Waals surface area contributed by atoms with Gasteiger partial charge in [0.2, 0.25) is 0 Å². The molecule has 1 unspecified atom stereocenters. The van der Waals surface area contributed by atoms with Crippen molar-refractivity contribution in [3.05, 3.63) is 69.8 Å². The molecule has 0 saturated carbocycles. The van der Waals surface area contributed by atoms with Crippen LogP contribution in [0.5, 0.6) is 0 Å². The maximum Gasteiger partial charge on any atom is 0.292 e. The molecule has 0 aliphatic carbocycles. The van der Waals surface area contributed by atoms with Crippen LogP contribution in [0.25, 0.3) is 0 Å². The van der Waals surface area contributed by atoms with Crippen molar-refractivity contribution < 1.29 is 4.92 Å². The van der Waals surface area contributed by atoms with Crippen molar-refractivity contribution in [3.63, 3.8) is 0 Å². The van der Waals surface area contributed by atoms with Gasteiger partial charge in [0.1, 0.15) is 5.69 Å². The van der Waals surface area contributed by atoms with Gasteiger partial charge in [0, 0.05) is 6.07 Å². The molecule has 1 atom stereocenters. The molecule has 5 heteroatoms. The topological polar surface area (TPSA) is 95.2 Å². The molecular weight excluding hydrogens is 230 g/mol. The molecule has 0 fully saturated rings. The van der Waals surface area contributed by atoms with Crippen LogP contribution in [0.3, 0.4) is 0 Å². The fourth-order valence-electron chi connectivity index (χ4n) is 1.77. The van der Waals surface area contributed by atoms with Gasteiger partial charge in [-0.2, -0.15) is 0 Å². The first kappa shape index (κ1) is 12.1. The van der Waals surface area contributed by atoms with Crippen LogP contribution < -0.4 is 11.5 Å². The van der Waals surface area contributed by atoms with Crippen molar-refractivity contribution in [1.82, 2.24) is 0 Å². The minimum atomic E-state index is -0.503. The van der Waals surface area contributed by atoms with E-state index >= 15 is 0 Å². The number of nitrogen functional groups attached to an aromatic ring is 1. The lowest BCUT2D eigenvalue weighted by atomic mass is 9.99. The Hall–Kier alpha value is -2.40. The Labute approximate surface area is 104 Å². The number of rotatable bonds is 3. The van der Waals surface area contributed by atoms with Crippen LogP contribution >= 0.6 is 0 Å². The second-order valence-electron chi connectivity index (χ2n) is 3.96. The van der Waals surface area contributed by atoms with Crippen LogP contribution in [0, 0.1) is 10.1 Å². The first-order chi connectivity index (χ1) is 8.59. The third-order valence-electron chi connectivity index (χ3n) is 2.77. The Balaban J connectivity index is 2.40. The number of nitro groups is 1. The third kappa shape index (κ3) is 2.31. The Kier molecular flexibility index (Phi) is 3.25. The number of nitro benzene ring substituents is 1. The highest BCUT2D eigenvalue weighted by Crippen LogP contribution is 2.27. The molecule has 0 heterocycles. The molecule has 2 rings (SSSR count). The van der Waals surface area contributed by atoms with Crippen LogP contribution in [0.1, 0.15) is 17.2 Å². The van der Waals surface area contributed by atoms with E-state index in [1.54, 1.807) is 6.07 Å². The fraction of sp³-hybridized carbons (Fsp3) is 0.0769. The van der Waals surface area contributed by atoms with Gasteiger partial charge < -0.3 is 11.5 Å². The van der Waals surface area contributed by atoms with Gasteiger partial charge in [-0.1, -0.05) is 36.4 Å². The highest BCUT2D eigenvalue weighted by molar-refractivity contribution is 5.60. The number of hydrogen-bond donors (Lipinski definition) is 2. The molecule has 18 heavy (non-hydrogen) atoms. The van der Waals surface area contributed by atoms with Crippen LogP contribution in [-0.2, 0) is 0 Å². The predicted molar refractivity (Wildman–Crippen MR) is 70.0 cm³/mol. The molecule has 0 bridgehead atoms. The third-order valence-corrected chi connectivity index (χ3v) is 2.77. The van der Waals surface area contributed by atoms with Gasteiger partial charge in [-0.3, -0.25) is 10.1 Å². The van der Waals surface area contributed by atoms with Gasteiger partial charge in [0.15, 0.2) is 0 Å². The van der Waals surface area contributed by atoms with E-state index in [9.17, 15) is 10.1 Å². The van der Waals surface area contributed by atoms with E-state index in [1.165, 1.54) is 12.1 Å². The average Bonchev–Trinajstić information content (AvgIpc) is 2.39. The Morgan fingerprint density at radius 1 is 1.06 bits per heavy atom. The van der Waals surface area contributed by atoms with Crippen molar-refractivity contribution in [3.8, 4) is 0 Å². The first-order valence-corrected chi connectivity index (χ1v) is 5.44. The molecule has 2 aromatic rings. The summed E-state index contributed by atoms with van der Waals surface area (Å²) in [5, 5.41) is 10.8. The SMILES string of the molecule is Nc1ccc(C(N)c2ccccc2)cc1[N+](=O)[O-]. The summed E-state index contributed by atoms with van der Waals surface area (Å²) in [6.45, 7) is 0. The lowest BCUT2D eigenvalue weighted by Crippen LogP contribution is -2.12. The second kappa shape index (κ2) is 4.85. The van der Waals surface area contributed by atoms with E-state index < -0.39 is 11.0 Å². The quantitative estimate of drug-likeness (QED) is 0.491. The van der Waals surface area contributed by atoms with E-state index in [-0.39, 0.29) is 11.4 Å². The van der Waals surface area contributed by atoms with Gasteiger partial charge in [-0.25, -0.2) is 0 Å². The van der Waals surface area contributed by atoms with E-state index in [0.29, 0.717) is 5.56 Å². The smallest absolute Gasteiger partial charge is 0.292 e. The molecule has 0 aliphatic heterocycles. The molecule has 0 amide bonds. The normalized spacial score (nSPS) is 12.1. The molecule has 4 N–H and O–H groups in total. The van der Waals surface area contributed by atoms with Gasteiger partial charge in [0.25, 0.3) is 5.69 Å². The molecular formula is C13H13N3O2. The second-order valence-corrected chi connectivity index (χ2v) is 3.96. The summed E-state index contributed by atoms with van der Waals surface area (Å²) >= 11 is 0. The van der Waals surface area contributed by atoms with Crippen molar-refractivity contribution in [2.45, 2.75) is 6.04 Å². The highest BCUT2D eigenvalue weighted by Gasteiger charge is 2.16. The number of nitrogens with two attached hydrogens (primary N) is 2. The van der Waals surface area contributed by atoms with Crippen molar-refractivity contribution >= 4 is 11.4 Å². The monoisotopic (exact) mass is 243 g/mol. The molecule has 0 spiro atoms. The summed E-state index contributed by atoms with van der Waals surface area (Å²) < 4.78 is 0. The number of nitrogens with zero attached hydrogens (tertiary/aromatic N) is 1. The first-order valence-electron chi connectivity index (χ1n) is 5.44. The van der Waals surface area contributed by atoms with E-state index in [4.69, 9.17) is 11.5 Å². The van der Waals surface area contributed by atoms with Gasteiger partial charge in [0.05, 0.1) is 11.0 Å². The molecule has 5 nitrogen and oxygen atoms in total. The van der Waals surface area contributed by atoms with Gasteiger partial charge in [-0.15, -0.1) is 0 Å². The maximum absolute atomic E-state index is 10.8. The molecule has 2 aromatic carbocycles. The zero-order chi connectivity index (χ0) is 13.1. The lowest BCUT2D eigenvalue weighted by molar-refractivity contribution is -0.384. The zero-order valence-electron chi connectivity index (χ0n) is 9.61. The highest BCUT2D eigenvalue weighted by atomic mass is 16.6. The van der Waals surface area contributed by atoms with Gasteiger partial charge in [-0.05, 0) is 17.2 Å². The Morgan fingerprint density at radius 2 is 1.72 bits per heavy atom. The average molecular weight is 243 g/mol. The summed E-state index contributed by atoms with van der Waals surface area (Å²) in [6, 6.07) is 13.7. The summed E-state index contributed by atoms with van der Waals surface area (Å²) in [5.41, 5.74) is 13.2. The number of anilines is 1. The number of benzene rings is 2. The van der Waals surface area contributed by atoms with Crippen molar-refractivity contribution in [2.24, 2.45) is 5.73 Å². The molecule has 0 aliphatic rings. The summed E-state index contributed by atoms with van der Waals surface area (Å²) in [4.78, 5) is 10.3. The summed E-state index contributed by atoms with van der Waals surface area (Å²) in [5.74, 6) is 0. The van der Waals surface area contributed by atoms with E-state index in [2.05, 4.69) is 0 Å². The lowest BCUT2D eigenvalue weighted by Gasteiger charge is -2.12. The minimum Gasteiger partial charge on any atom is -0.393 e. The van der Waals surface area contributed by atoms with Crippen molar-refractivity contribution in [1.29, 1.82) is 0 Å². The minimum absolute atomic E-state index is 0.112. The summed E-state index contributed by atoms with van der Waals surface area (Å²) in [6.07, 6.45) is 0. The van der Waals surface area contributed by atoms with Crippen LogP contribution in [-0.4, -0.2) is 4.92 Å². The van der Waals surface area contributed by atoms with Gasteiger partial charge >= 0.3 is 0 Å². The van der Waals surface area contributed by atoms with Crippen LogP contribution in [0.2, 0.25) is 0 Å². The number of hydrogen-bond acceptors (Lipinski definition) is 4. The molecule has 0 aromatic heterocycles. The zero-order valence-corrected chi connectivity index (χ0v) is 9.61. The summed E-state index contributed by atoms with van der Waals surface area (Å²) in [7, 11) is 0. The van der Waals surface area contributed by atoms with Crippen LogP contribution in [0.15, 0.2) is 48.5 Å². The molecule has 0 radical (unpaired) electrons. The predicted octanol–water partition coefficient (Wildman–Crippen LogP) is 2.23. The Morgan fingerprint density at radius 3 is 2.33 bits per heavy atom. The maximum atomic E-state index is 10.8. The molecule has 92 valence electrons. The Bertz CT molecular complexity index is 570. The fourth-order valence-corrected chi connectivity index (χ4v) is 1.77. The van der Waals surface area contributed by atoms with Crippen molar-refractivity contribution in [2.75, 3.05) is 5.73 Å². The van der Waals surface area contributed by atoms with Crippen LogP contribution in [0.4, 0.5) is 11.4 Å². The molecule has 0 saturated heterocycles.